The minimum atomic E-state index is -4.96. The van der Waals surface area contributed by atoms with Gasteiger partial charge >= 0.3 is 6.30 Å². The lowest BCUT2D eigenvalue weighted by Gasteiger charge is -2.27. The molecule has 0 unspecified atom stereocenters. The standard InChI is InChI=1S/C18H12Cl2F3N3O/c1-25-10-11(9-24-25)17(27)26(18(21,22)23)16-5-3-2-4-13(16)14-8-12(19)6-7-15(14)20/h2-10H,1H3. The maximum Gasteiger partial charge on any atom is 0.491 e. The minimum absolute atomic E-state index is 0.125. The normalized spacial score (nSPS) is 11.5. The average Bonchev–Trinajstić information content (AvgIpc) is 3.03. The zero-order valence-electron chi connectivity index (χ0n) is 13.8. The van der Waals surface area contributed by atoms with E-state index in [-0.39, 0.29) is 32.3 Å². The zero-order chi connectivity index (χ0) is 19.8. The van der Waals surface area contributed by atoms with E-state index in [1.807, 2.05) is 0 Å². The number of rotatable bonds is 3. The Morgan fingerprint density at radius 3 is 2.44 bits per heavy atom. The SMILES string of the molecule is Cn1cc(C(=O)N(c2ccccc2-c2cc(Cl)ccc2Cl)C(F)(F)F)cn1. The summed E-state index contributed by atoms with van der Waals surface area (Å²) < 4.78 is 42.8. The van der Waals surface area contributed by atoms with Crippen LogP contribution in [0.25, 0.3) is 11.1 Å². The Morgan fingerprint density at radius 1 is 1.11 bits per heavy atom. The van der Waals surface area contributed by atoms with Gasteiger partial charge in [0, 0.05) is 34.4 Å². The van der Waals surface area contributed by atoms with Gasteiger partial charge in [-0.3, -0.25) is 9.48 Å². The number of hydrogen-bond acceptors (Lipinski definition) is 2. The van der Waals surface area contributed by atoms with Crippen LogP contribution >= 0.6 is 23.2 Å². The van der Waals surface area contributed by atoms with Gasteiger partial charge in [0.05, 0.1) is 17.4 Å². The number of benzene rings is 2. The van der Waals surface area contributed by atoms with Gasteiger partial charge in [-0.15, -0.1) is 13.2 Å². The number of alkyl halides is 3. The number of carbonyl (C=O) groups is 1. The quantitative estimate of drug-likeness (QED) is 0.527. The first kappa shape index (κ1) is 19.3. The molecule has 0 aliphatic heterocycles. The summed E-state index contributed by atoms with van der Waals surface area (Å²) in [5.74, 6) is -1.25. The second-order valence-electron chi connectivity index (χ2n) is 5.65. The second kappa shape index (κ2) is 7.25. The van der Waals surface area contributed by atoms with Crippen molar-refractivity contribution in [2.45, 2.75) is 6.30 Å². The van der Waals surface area contributed by atoms with Gasteiger partial charge in [0.15, 0.2) is 0 Å². The maximum atomic E-state index is 13.8. The first-order valence-electron chi connectivity index (χ1n) is 7.63. The molecule has 0 aliphatic carbocycles. The third-order valence-corrected chi connectivity index (χ3v) is 4.34. The van der Waals surface area contributed by atoms with E-state index in [4.69, 9.17) is 23.2 Å². The first-order valence-corrected chi connectivity index (χ1v) is 8.38. The molecule has 0 saturated carbocycles. The molecule has 0 aliphatic rings. The van der Waals surface area contributed by atoms with Crippen molar-refractivity contribution in [2.24, 2.45) is 7.05 Å². The molecule has 27 heavy (non-hydrogen) atoms. The molecule has 3 aromatic rings. The van der Waals surface area contributed by atoms with E-state index >= 15 is 0 Å². The molecule has 3 rings (SSSR count). The number of nitrogens with zero attached hydrogens (tertiary/aromatic N) is 3. The number of hydrogen-bond donors (Lipinski definition) is 0. The summed E-state index contributed by atoms with van der Waals surface area (Å²) in [5.41, 5.74) is -0.141. The maximum absolute atomic E-state index is 13.8. The van der Waals surface area contributed by atoms with Crippen molar-refractivity contribution in [1.82, 2.24) is 9.78 Å². The van der Waals surface area contributed by atoms with Gasteiger partial charge in [0.25, 0.3) is 5.91 Å². The van der Waals surface area contributed by atoms with Crippen molar-refractivity contribution >= 4 is 34.8 Å². The lowest BCUT2D eigenvalue weighted by atomic mass is 10.0. The predicted octanol–water partition coefficient (Wildman–Crippen LogP) is 5.56. The van der Waals surface area contributed by atoms with Gasteiger partial charge in [0.2, 0.25) is 0 Å². The number of para-hydroxylation sites is 1. The van der Waals surface area contributed by atoms with Crippen LogP contribution in [-0.2, 0) is 7.05 Å². The Labute approximate surface area is 162 Å². The Morgan fingerprint density at radius 2 is 1.81 bits per heavy atom. The molecule has 4 nitrogen and oxygen atoms in total. The van der Waals surface area contributed by atoms with Crippen LogP contribution in [-0.4, -0.2) is 22.0 Å². The summed E-state index contributed by atoms with van der Waals surface area (Å²) in [4.78, 5) is 12.4. The van der Waals surface area contributed by atoms with E-state index < -0.39 is 12.2 Å². The topological polar surface area (TPSA) is 38.1 Å². The lowest BCUT2D eigenvalue weighted by molar-refractivity contribution is -0.122. The van der Waals surface area contributed by atoms with Crippen LogP contribution in [0.3, 0.4) is 0 Å². The smallest absolute Gasteiger partial charge is 0.275 e. The van der Waals surface area contributed by atoms with Crippen LogP contribution in [0.1, 0.15) is 10.4 Å². The molecular weight excluding hydrogens is 402 g/mol. The fourth-order valence-electron chi connectivity index (χ4n) is 2.62. The highest BCUT2D eigenvalue weighted by Gasteiger charge is 2.44. The fourth-order valence-corrected chi connectivity index (χ4v) is 3.01. The molecular formula is C18H12Cl2F3N3O. The third kappa shape index (κ3) is 3.94. The first-order chi connectivity index (χ1) is 12.7. The van der Waals surface area contributed by atoms with E-state index in [0.29, 0.717) is 5.02 Å². The molecule has 2 aromatic carbocycles. The highest BCUT2D eigenvalue weighted by molar-refractivity contribution is 6.35. The van der Waals surface area contributed by atoms with Crippen LogP contribution in [0, 0.1) is 0 Å². The molecule has 0 atom stereocenters. The van der Waals surface area contributed by atoms with Gasteiger partial charge in [-0.2, -0.15) is 5.10 Å². The molecule has 1 heterocycles. The highest BCUT2D eigenvalue weighted by Crippen LogP contribution is 2.40. The number of anilines is 1. The molecule has 0 bridgehead atoms. The van der Waals surface area contributed by atoms with Crippen molar-refractivity contribution in [2.75, 3.05) is 4.90 Å². The second-order valence-corrected chi connectivity index (χ2v) is 6.50. The number of aryl methyl sites for hydroxylation is 1. The zero-order valence-corrected chi connectivity index (χ0v) is 15.3. The van der Waals surface area contributed by atoms with Crippen molar-refractivity contribution in [3.05, 3.63) is 70.5 Å². The highest BCUT2D eigenvalue weighted by atomic mass is 35.5. The molecule has 0 saturated heterocycles. The summed E-state index contributed by atoms with van der Waals surface area (Å²) in [7, 11) is 1.51. The molecule has 140 valence electrons. The van der Waals surface area contributed by atoms with Crippen LogP contribution < -0.4 is 4.90 Å². The number of carbonyl (C=O) groups excluding carboxylic acids is 1. The van der Waals surface area contributed by atoms with Crippen LogP contribution in [0.15, 0.2) is 54.9 Å². The van der Waals surface area contributed by atoms with Crippen molar-refractivity contribution in [3.8, 4) is 11.1 Å². The van der Waals surface area contributed by atoms with E-state index in [9.17, 15) is 18.0 Å². The number of amides is 1. The monoisotopic (exact) mass is 413 g/mol. The molecule has 0 radical (unpaired) electrons. The van der Waals surface area contributed by atoms with Gasteiger partial charge in [-0.25, -0.2) is 4.90 Å². The minimum Gasteiger partial charge on any atom is -0.275 e. The van der Waals surface area contributed by atoms with Crippen LogP contribution in [0.4, 0.5) is 18.9 Å². The average molecular weight is 414 g/mol. The van der Waals surface area contributed by atoms with Gasteiger partial charge in [-0.1, -0.05) is 41.4 Å². The predicted molar refractivity (Wildman–Crippen MR) is 98.0 cm³/mol. The number of aromatic nitrogens is 2. The van der Waals surface area contributed by atoms with E-state index in [2.05, 4.69) is 5.10 Å². The molecule has 0 spiro atoms. The molecule has 1 amide bonds. The van der Waals surface area contributed by atoms with E-state index in [1.54, 1.807) is 6.07 Å². The Balaban J connectivity index is 2.20. The van der Waals surface area contributed by atoms with Crippen molar-refractivity contribution < 1.29 is 18.0 Å². The van der Waals surface area contributed by atoms with Crippen LogP contribution in [0.2, 0.25) is 10.0 Å². The molecule has 9 heteroatoms. The Bertz CT molecular complexity index is 1000. The summed E-state index contributed by atoms with van der Waals surface area (Å²) in [6.45, 7) is 0. The Kier molecular flexibility index (Phi) is 5.17. The summed E-state index contributed by atoms with van der Waals surface area (Å²) in [6.07, 6.45) is -2.67. The largest absolute Gasteiger partial charge is 0.491 e. The summed E-state index contributed by atoms with van der Waals surface area (Å²) in [6, 6.07) is 10.1. The molecule has 1 aromatic heterocycles. The lowest BCUT2D eigenvalue weighted by Crippen LogP contribution is -2.43. The molecule has 0 N–H and O–H groups in total. The van der Waals surface area contributed by atoms with E-state index in [0.717, 1.165) is 6.20 Å². The van der Waals surface area contributed by atoms with Gasteiger partial charge in [0.1, 0.15) is 0 Å². The van der Waals surface area contributed by atoms with Crippen molar-refractivity contribution in [3.63, 3.8) is 0 Å². The fraction of sp³-hybridized carbons (Fsp3) is 0.111. The van der Waals surface area contributed by atoms with Gasteiger partial charge < -0.3 is 0 Å². The summed E-state index contributed by atoms with van der Waals surface area (Å²) >= 11 is 12.1. The van der Waals surface area contributed by atoms with Gasteiger partial charge in [-0.05, 0) is 24.3 Å². The number of halogens is 5. The van der Waals surface area contributed by atoms with Crippen molar-refractivity contribution in [1.29, 1.82) is 0 Å². The third-order valence-electron chi connectivity index (χ3n) is 3.77. The van der Waals surface area contributed by atoms with E-state index in [1.165, 1.54) is 54.3 Å². The summed E-state index contributed by atoms with van der Waals surface area (Å²) in [5, 5.41) is 4.28. The Hall–Kier alpha value is -2.51. The van der Waals surface area contributed by atoms with Crippen LogP contribution in [0.5, 0.6) is 0 Å². The molecule has 0 fully saturated rings.